The predicted octanol–water partition coefficient (Wildman–Crippen LogP) is 3.70. The van der Waals surface area contributed by atoms with Gasteiger partial charge in [-0.2, -0.15) is 0 Å². The normalized spacial score (nSPS) is 15.9. The quantitative estimate of drug-likeness (QED) is 0.793. The molecular weight excluding hydrogens is 385 g/mol. The van der Waals surface area contributed by atoms with E-state index in [1.165, 1.54) is 0 Å². The third-order valence-corrected chi connectivity index (χ3v) is 4.83. The number of carbonyl (C=O) groups excluding carboxylic acids is 2. The lowest BCUT2D eigenvalue weighted by atomic mass is 10.1. The molecule has 0 radical (unpaired) electrons. The smallest absolute Gasteiger partial charge is 0.255 e. The molecule has 1 heterocycles. The molecule has 1 unspecified atom stereocenters. The van der Waals surface area contributed by atoms with Crippen LogP contribution >= 0.6 is 24.0 Å². The average Bonchev–Trinajstić information content (AvgIpc) is 3.11. The van der Waals surface area contributed by atoms with Crippen molar-refractivity contribution in [2.45, 2.75) is 6.42 Å². The summed E-state index contributed by atoms with van der Waals surface area (Å²) in [6.07, 6.45) is 0.992. The molecule has 1 aliphatic heterocycles. The van der Waals surface area contributed by atoms with Crippen LogP contribution in [0.4, 0.5) is 5.69 Å². The van der Waals surface area contributed by atoms with E-state index < -0.39 is 0 Å². The van der Waals surface area contributed by atoms with Gasteiger partial charge < -0.3 is 15.5 Å². The first-order valence-corrected chi connectivity index (χ1v) is 9.06. The fourth-order valence-electron chi connectivity index (χ4n) is 3.22. The van der Waals surface area contributed by atoms with Crippen LogP contribution in [0.2, 0.25) is 5.02 Å². The molecule has 0 aromatic heterocycles. The van der Waals surface area contributed by atoms with Gasteiger partial charge in [0.1, 0.15) is 0 Å². The van der Waals surface area contributed by atoms with Gasteiger partial charge in [0.2, 0.25) is 0 Å². The van der Waals surface area contributed by atoms with Crippen LogP contribution in [0.1, 0.15) is 27.1 Å². The summed E-state index contributed by atoms with van der Waals surface area (Å²) in [6.45, 7) is 2.38. The highest BCUT2D eigenvalue weighted by Gasteiger charge is 2.27. The van der Waals surface area contributed by atoms with Crippen LogP contribution in [0, 0.1) is 5.92 Å². The van der Waals surface area contributed by atoms with E-state index in [1.807, 2.05) is 24.1 Å². The maximum atomic E-state index is 12.9. The first-order valence-electron chi connectivity index (χ1n) is 8.68. The number of hydrogen-bond acceptors (Lipinski definition) is 3. The molecule has 0 saturated carbocycles. The lowest BCUT2D eigenvalue weighted by Gasteiger charge is -2.19. The minimum Gasteiger partial charge on any atom is -0.338 e. The van der Waals surface area contributed by atoms with E-state index in [0.29, 0.717) is 27.8 Å². The highest BCUT2D eigenvalue weighted by Crippen LogP contribution is 2.23. The lowest BCUT2D eigenvalue weighted by molar-refractivity contribution is 0.0788. The highest BCUT2D eigenvalue weighted by atomic mass is 35.5. The van der Waals surface area contributed by atoms with Crippen molar-refractivity contribution >= 4 is 41.5 Å². The van der Waals surface area contributed by atoms with Crippen molar-refractivity contribution in [2.24, 2.45) is 5.92 Å². The van der Waals surface area contributed by atoms with Crippen LogP contribution in [0.3, 0.4) is 0 Å². The highest BCUT2D eigenvalue weighted by molar-refractivity contribution is 6.30. The fraction of sp³-hybridized carbons (Fsp3) is 0.300. The largest absolute Gasteiger partial charge is 0.338 e. The minimum atomic E-state index is -0.267. The second kappa shape index (κ2) is 9.74. The molecule has 1 saturated heterocycles. The summed E-state index contributed by atoms with van der Waals surface area (Å²) in [5.74, 6) is 0.159. The number of hydrogen-bond donors (Lipinski definition) is 2. The van der Waals surface area contributed by atoms with Gasteiger partial charge in [-0.1, -0.05) is 23.7 Å². The summed E-state index contributed by atoms with van der Waals surface area (Å²) < 4.78 is 0. The van der Waals surface area contributed by atoms with Gasteiger partial charge in [0.15, 0.2) is 0 Å². The van der Waals surface area contributed by atoms with Crippen LogP contribution in [0.15, 0.2) is 48.5 Å². The summed E-state index contributed by atoms with van der Waals surface area (Å²) in [5.41, 5.74) is 1.53. The van der Waals surface area contributed by atoms with E-state index >= 15 is 0 Å². The van der Waals surface area contributed by atoms with Crippen LogP contribution < -0.4 is 10.6 Å². The summed E-state index contributed by atoms with van der Waals surface area (Å²) in [7, 11) is 1.92. The van der Waals surface area contributed by atoms with Crippen LogP contribution in [-0.4, -0.2) is 43.4 Å². The third-order valence-electron chi connectivity index (χ3n) is 4.58. The molecule has 1 atom stereocenters. The summed E-state index contributed by atoms with van der Waals surface area (Å²) in [4.78, 5) is 27.2. The maximum Gasteiger partial charge on any atom is 0.255 e. The molecule has 0 bridgehead atoms. The molecule has 1 fully saturated rings. The monoisotopic (exact) mass is 407 g/mol. The number of amides is 2. The summed E-state index contributed by atoms with van der Waals surface area (Å²) in [5, 5.41) is 6.58. The Morgan fingerprint density at radius 3 is 2.56 bits per heavy atom. The van der Waals surface area contributed by atoms with Crippen molar-refractivity contribution in [3.05, 3.63) is 64.7 Å². The molecule has 2 aromatic carbocycles. The number of carbonyl (C=O) groups is 2. The van der Waals surface area contributed by atoms with E-state index in [1.54, 1.807) is 36.4 Å². The Morgan fingerprint density at radius 2 is 1.85 bits per heavy atom. The number of likely N-dealkylation sites (tertiary alicyclic amines) is 1. The number of nitrogens with zero attached hydrogens (tertiary/aromatic N) is 1. The standard InChI is InChI=1S/C20H22ClN3O2.ClH/c1-22-12-14-10-11-24(13-14)20(26)17-4-2-3-5-18(17)23-19(25)15-6-8-16(21)9-7-15;/h2-9,14,22H,10-13H2,1H3,(H,23,25);1H. The van der Waals surface area contributed by atoms with Gasteiger partial charge in [0.25, 0.3) is 11.8 Å². The Bertz CT molecular complexity index is 796. The molecule has 5 nitrogen and oxygen atoms in total. The Morgan fingerprint density at radius 1 is 1.15 bits per heavy atom. The Hall–Kier alpha value is -2.08. The van der Waals surface area contributed by atoms with E-state index in [4.69, 9.17) is 11.6 Å². The SMILES string of the molecule is CNCC1CCN(C(=O)c2ccccc2NC(=O)c2ccc(Cl)cc2)C1.Cl. The molecule has 7 heteroatoms. The van der Waals surface area contributed by atoms with Crippen molar-refractivity contribution in [3.63, 3.8) is 0 Å². The first-order chi connectivity index (χ1) is 12.6. The molecular formula is C20H23Cl2N3O2. The van der Waals surface area contributed by atoms with Crippen molar-refractivity contribution in [2.75, 3.05) is 32.0 Å². The Balaban J connectivity index is 0.00000261. The molecule has 2 N–H and O–H groups in total. The molecule has 2 aromatic rings. The van der Waals surface area contributed by atoms with E-state index in [2.05, 4.69) is 10.6 Å². The van der Waals surface area contributed by atoms with Crippen LogP contribution in [0.25, 0.3) is 0 Å². The zero-order chi connectivity index (χ0) is 18.5. The van der Waals surface area contributed by atoms with Crippen molar-refractivity contribution < 1.29 is 9.59 Å². The molecule has 1 aliphatic rings. The van der Waals surface area contributed by atoms with Crippen molar-refractivity contribution in [1.29, 1.82) is 0 Å². The molecule has 27 heavy (non-hydrogen) atoms. The number of rotatable bonds is 5. The fourth-order valence-corrected chi connectivity index (χ4v) is 3.34. The zero-order valence-electron chi connectivity index (χ0n) is 15.1. The number of anilines is 1. The number of benzene rings is 2. The second-order valence-electron chi connectivity index (χ2n) is 6.47. The van der Waals surface area contributed by atoms with Gasteiger partial charge in [-0.05, 0) is 62.3 Å². The van der Waals surface area contributed by atoms with Gasteiger partial charge in [-0.15, -0.1) is 12.4 Å². The average molecular weight is 408 g/mol. The second-order valence-corrected chi connectivity index (χ2v) is 6.91. The van der Waals surface area contributed by atoms with Gasteiger partial charge in [-0.3, -0.25) is 9.59 Å². The van der Waals surface area contributed by atoms with Gasteiger partial charge in [0, 0.05) is 23.7 Å². The third kappa shape index (κ3) is 5.22. The summed E-state index contributed by atoms with van der Waals surface area (Å²) >= 11 is 5.86. The van der Waals surface area contributed by atoms with Crippen LogP contribution in [0.5, 0.6) is 0 Å². The summed E-state index contributed by atoms with van der Waals surface area (Å²) in [6, 6.07) is 13.8. The number of para-hydroxylation sites is 1. The lowest BCUT2D eigenvalue weighted by Crippen LogP contribution is -2.31. The van der Waals surface area contributed by atoms with E-state index in [9.17, 15) is 9.59 Å². The Kier molecular flexibility index (Phi) is 7.66. The van der Waals surface area contributed by atoms with Crippen molar-refractivity contribution in [3.8, 4) is 0 Å². The first kappa shape index (κ1) is 21.2. The Labute approximate surface area is 170 Å². The number of halogens is 2. The topological polar surface area (TPSA) is 61.4 Å². The predicted molar refractivity (Wildman–Crippen MR) is 111 cm³/mol. The van der Waals surface area contributed by atoms with Gasteiger partial charge in [0.05, 0.1) is 11.3 Å². The van der Waals surface area contributed by atoms with Gasteiger partial charge in [-0.25, -0.2) is 0 Å². The molecule has 144 valence electrons. The zero-order valence-corrected chi connectivity index (χ0v) is 16.6. The maximum absolute atomic E-state index is 12.9. The van der Waals surface area contributed by atoms with E-state index in [0.717, 1.165) is 26.1 Å². The minimum absolute atomic E-state index is 0. The number of nitrogens with one attached hydrogen (secondary N) is 2. The van der Waals surface area contributed by atoms with Crippen LogP contribution in [-0.2, 0) is 0 Å². The van der Waals surface area contributed by atoms with Gasteiger partial charge >= 0.3 is 0 Å². The molecule has 2 amide bonds. The van der Waals surface area contributed by atoms with E-state index in [-0.39, 0.29) is 24.2 Å². The molecule has 0 spiro atoms. The molecule has 0 aliphatic carbocycles. The molecule has 3 rings (SSSR count). The van der Waals surface area contributed by atoms with Crippen molar-refractivity contribution in [1.82, 2.24) is 10.2 Å².